The lowest BCUT2D eigenvalue weighted by atomic mass is 10.2. The third-order valence-corrected chi connectivity index (χ3v) is 3.03. The van der Waals surface area contributed by atoms with Gasteiger partial charge in [-0.1, -0.05) is 25.5 Å². The number of benzene rings is 1. The zero-order valence-corrected chi connectivity index (χ0v) is 11.9. The van der Waals surface area contributed by atoms with Gasteiger partial charge in [-0.3, -0.25) is 4.90 Å². The number of para-hydroxylation sites is 1. The molecule has 112 valence electrons. The van der Waals surface area contributed by atoms with Gasteiger partial charge in [-0.25, -0.2) is 4.79 Å². The maximum atomic E-state index is 11.0. The number of ether oxygens (including phenoxy) is 1. The van der Waals surface area contributed by atoms with E-state index in [9.17, 15) is 4.79 Å². The van der Waals surface area contributed by atoms with E-state index in [4.69, 9.17) is 14.9 Å². The highest BCUT2D eigenvalue weighted by atomic mass is 16.5. The normalized spacial score (nSPS) is 10.8. The summed E-state index contributed by atoms with van der Waals surface area (Å²) < 4.78 is 5.55. The van der Waals surface area contributed by atoms with Gasteiger partial charge in [-0.2, -0.15) is 0 Å². The monoisotopic (exact) mass is 281 g/mol. The second kappa shape index (κ2) is 9.34. The number of aliphatic hydroxyl groups is 1. The van der Waals surface area contributed by atoms with Crippen LogP contribution >= 0.6 is 0 Å². The van der Waals surface area contributed by atoms with E-state index < -0.39 is 5.97 Å². The summed E-state index contributed by atoms with van der Waals surface area (Å²) in [7, 11) is 0. The van der Waals surface area contributed by atoms with Crippen LogP contribution in [-0.2, 0) is 0 Å². The van der Waals surface area contributed by atoms with Gasteiger partial charge in [-0.15, -0.1) is 0 Å². The number of hydrogen-bond acceptors (Lipinski definition) is 4. The predicted molar refractivity (Wildman–Crippen MR) is 77.3 cm³/mol. The molecule has 5 nitrogen and oxygen atoms in total. The maximum Gasteiger partial charge on any atom is 0.339 e. The Kier molecular flexibility index (Phi) is 7.69. The second-order valence-electron chi connectivity index (χ2n) is 4.57. The molecule has 2 N–H and O–H groups in total. The third kappa shape index (κ3) is 5.59. The molecule has 0 bridgehead atoms. The van der Waals surface area contributed by atoms with E-state index in [-0.39, 0.29) is 12.2 Å². The SMILES string of the molecule is CCCCN(CCO)CCOc1ccccc1C(=O)O. The fourth-order valence-electron chi connectivity index (χ4n) is 1.91. The fourth-order valence-corrected chi connectivity index (χ4v) is 1.91. The Hall–Kier alpha value is -1.59. The van der Waals surface area contributed by atoms with E-state index >= 15 is 0 Å². The van der Waals surface area contributed by atoms with Gasteiger partial charge in [-0.05, 0) is 25.1 Å². The van der Waals surface area contributed by atoms with Crippen LogP contribution in [0.2, 0.25) is 0 Å². The third-order valence-electron chi connectivity index (χ3n) is 3.03. The summed E-state index contributed by atoms with van der Waals surface area (Å²) in [4.78, 5) is 13.2. The molecule has 0 aliphatic rings. The van der Waals surface area contributed by atoms with Crippen molar-refractivity contribution in [2.75, 3.05) is 32.8 Å². The summed E-state index contributed by atoms with van der Waals surface area (Å²) in [5.74, 6) is -0.599. The molecule has 0 saturated carbocycles. The largest absolute Gasteiger partial charge is 0.491 e. The first kappa shape index (κ1) is 16.5. The molecule has 1 aromatic carbocycles. The predicted octanol–water partition coefficient (Wildman–Crippen LogP) is 1.86. The van der Waals surface area contributed by atoms with E-state index in [1.54, 1.807) is 18.2 Å². The standard InChI is InChI=1S/C15H23NO4/c1-2-3-8-16(9-11-17)10-12-20-14-7-5-4-6-13(14)15(18)19/h4-7,17H,2-3,8-12H2,1H3,(H,18,19). The lowest BCUT2D eigenvalue weighted by Crippen LogP contribution is -2.32. The Bertz CT molecular complexity index is 409. The Labute approximate surface area is 119 Å². The molecule has 0 aliphatic heterocycles. The quantitative estimate of drug-likeness (QED) is 0.685. The summed E-state index contributed by atoms with van der Waals surface area (Å²) in [5, 5.41) is 18.1. The molecule has 1 aromatic rings. The molecule has 0 fully saturated rings. The fraction of sp³-hybridized carbons (Fsp3) is 0.533. The summed E-state index contributed by atoms with van der Waals surface area (Å²) in [6, 6.07) is 6.62. The molecular weight excluding hydrogens is 258 g/mol. The number of aromatic carboxylic acids is 1. The van der Waals surface area contributed by atoms with Gasteiger partial charge in [0.15, 0.2) is 0 Å². The molecule has 5 heteroatoms. The summed E-state index contributed by atoms with van der Waals surface area (Å²) in [6.07, 6.45) is 2.18. The Morgan fingerprint density at radius 1 is 1.25 bits per heavy atom. The van der Waals surface area contributed by atoms with Gasteiger partial charge in [0.2, 0.25) is 0 Å². The van der Waals surface area contributed by atoms with Crippen molar-refractivity contribution in [2.45, 2.75) is 19.8 Å². The average Bonchev–Trinajstić information content (AvgIpc) is 2.45. The molecular formula is C15H23NO4. The highest BCUT2D eigenvalue weighted by Gasteiger charge is 2.10. The number of aliphatic hydroxyl groups excluding tert-OH is 1. The number of carboxylic acids is 1. The van der Waals surface area contributed by atoms with E-state index in [1.165, 1.54) is 6.07 Å². The lowest BCUT2D eigenvalue weighted by Gasteiger charge is -2.21. The number of unbranched alkanes of at least 4 members (excludes halogenated alkanes) is 1. The molecule has 0 atom stereocenters. The topological polar surface area (TPSA) is 70.0 Å². The minimum absolute atomic E-state index is 0.120. The summed E-state index contributed by atoms with van der Waals surface area (Å²) in [6.45, 7) is 4.86. The molecule has 20 heavy (non-hydrogen) atoms. The van der Waals surface area contributed by atoms with Gasteiger partial charge in [0, 0.05) is 13.1 Å². The Morgan fingerprint density at radius 3 is 2.65 bits per heavy atom. The van der Waals surface area contributed by atoms with E-state index in [1.807, 2.05) is 0 Å². The summed E-state index contributed by atoms with van der Waals surface area (Å²) in [5.41, 5.74) is 0.176. The first-order chi connectivity index (χ1) is 9.69. The zero-order chi connectivity index (χ0) is 14.8. The van der Waals surface area contributed by atoms with Crippen LogP contribution in [0.1, 0.15) is 30.1 Å². The minimum Gasteiger partial charge on any atom is -0.491 e. The second-order valence-corrected chi connectivity index (χ2v) is 4.57. The zero-order valence-electron chi connectivity index (χ0n) is 11.9. The first-order valence-corrected chi connectivity index (χ1v) is 6.97. The van der Waals surface area contributed by atoms with Crippen molar-refractivity contribution in [3.05, 3.63) is 29.8 Å². The molecule has 1 rings (SSSR count). The van der Waals surface area contributed by atoms with Crippen LogP contribution < -0.4 is 4.74 Å². The molecule has 0 spiro atoms. The summed E-state index contributed by atoms with van der Waals surface area (Å²) >= 11 is 0. The molecule has 0 radical (unpaired) electrons. The highest BCUT2D eigenvalue weighted by molar-refractivity contribution is 5.90. The van der Waals surface area contributed by atoms with Crippen LogP contribution in [0, 0.1) is 0 Å². The van der Waals surface area contributed by atoms with E-state index in [2.05, 4.69) is 11.8 Å². The molecule has 0 unspecified atom stereocenters. The molecule has 0 aliphatic carbocycles. The Balaban J connectivity index is 2.47. The van der Waals surface area contributed by atoms with Crippen LogP contribution in [0.5, 0.6) is 5.75 Å². The smallest absolute Gasteiger partial charge is 0.339 e. The average molecular weight is 281 g/mol. The van der Waals surface area contributed by atoms with Gasteiger partial charge < -0.3 is 14.9 Å². The number of carbonyl (C=O) groups is 1. The van der Waals surface area contributed by atoms with Gasteiger partial charge in [0.25, 0.3) is 0 Å². The number of nitrogens with zero attached hydrogens (tertiary/aromatic N) is 1. The van der Waals surface area contributed by atoms with Crippen LogP contribution in [-0.4, -0.2) is 53.9 Å². The van der Waals surface area contributed by atoms with Gasteiger partial charge >= 0.3 is 5.97 Å². The van der Waals surface area contributed by atoms with Crippen molar-refractivity contribution >= 4 is 5.97 Å². The first-order valence-electron chi connectivity index (χ1n) is 6.97. The van der Waals surface area contributed by atoms with Crippen molar-refractivity contribution in [3.8, 4) is 5.75 Å². The van der Waals surface area contributed by atoms with Gasteiger partial charge in [0.05, 0.1) is 6.61 Å². The minimum atomic E-state index is -0.987. The van der Waals surface area contributed by atoms with Crippen molar-refractivity contribution in [2.24, 2.45) is 0 Å². The number of carboxylic acid groups (broad SMARTS) is 1. The molecule has 0 amide bonds. The van der Waals surface area contributed by atoms with Gasteiger partial charge in [0.1, 0.15) is 17.9 Å². The van der Waals surface area contributed by atoms with Crippen LogP contribution in [0.15, 0.2) is 24.3 Å². The molecule has 0 aromatic heterocycles. The van der Waals surface area contributed by atoms with Crippen molar-refractivity contribution in [1.82, 2.24) is 4.90 Å². The Morgan fingerprint density at radius 2 is 2.00 bits per heavy atom. The van der Waals surface area contributed by atoms with Crippen molar-refractivity contribution < 1.29 is 19.7 Å². The molecule has 0 heterocycles. The van der Waals surface area contributed by atoms with Crippen LogP contribution in [0.4, 0.5) is 0 Å². The molecule has 0 saturated heterocycles. The van der Waals surface area contributed by atoms with Crippen LogP contribution in [0.25, 0.3) is 0 Å². The van der Waals surface area contributed by atoms with Crippen molar-refractivity contribution in [3.63, 3.8) is 0 Å². The number of rotatable bonds is 10. The van der Waals surface area contributed by atoms with E-state index in [0.717, 1.165) is 19.4 Å². The lowest BCUT2D eigenvalue weighted by molar-refractivity contribution is 0.0691. The maximum absolute atomic E-state index is 11.0. The van der Waals surface area contributed by atoms with E-state index in [0.29, 0.717) is 25.4 Å². The van der Waals surface area contributed by atoms with Crippen LogP contribution in [0.3, 0.4) is 0 Å². The highest BCUT2D eigenvalue weighted by Crippen LogP contribution is 2.17. The number of hydrogen-bond donors (Lipinski definition) is 2. The van der Waals surface area contributed by atoms with Crippen molar-refractivity contribution in [1.29, 1.82) is 0 Å².